The zero-order valence-corrected chi connectivity index (χ0v) is 11.9. The topological polar surface area (TPSA) is 62.7 Å². The first kappa shape index (κ1) is 14.5. The van der Waals surface area contributed by atoms with Crippen molar-refractivity contribution in [1.82, 2.24) is 9.88 Å². The summed E-state index contributed by atoms with van der Waals surface area (Å²) in [6, 6.07) is 1.14. The minimum Gasteiger partial charge on any atom is -0.468 e. The Labute approximate surface area is 121 Å². The van der Waals surface area contributed by atoms with Crippen LogP contribution in [0.4, 0.5) is 0 Å². The molecule has 0 radical (unpaired) electrons. The van der Waals surface area contributed by atoms with Crippen LogP contribution in [0.2, 0.25) is 10.0 Å². The van der Waals surface area contributed by atoms with E-state index in [0.717, 1.165) is 0 Å². The second-order valence-electron chi connectivity index (χ2n) is 4.44. The lowest BCUT2D eigenvalue weighted by atomic mass is 10.2. The maximum atomic E-state index is 11.6. The first-order valence-corrected chi connectivity index (χ1v) is 6.56. The molecule has 0 amide bonds. The van der Waals surface area contributed by atoms with E-state index in [1.54, 1.807) is 11.0 Å². The number of carbonyl (C=O) groups is 1. The first-order chi connectivity index (χ1) is 9.01. The number of carbonyl (C=O) groups excluding carboxylic acids is 1. The van der Waals surface area contributed by atoms with Crippen molar-refractivity contribution >= 4 is 29.2 Å². The van der Waals surface area contributed by atoms with Gasteiger partial charge in [-0.3, -0.25) is 14.7 Å². The molecule has 0 aliphatic carbocycles. The van der Waals surface area contributed by atoms with Crippen LogP contribution in [-0.2, 0) is 16.1 Å². The molecule has 1 aromatic heterocycles. The maximum absolute atomic E-state index is 11.6. The van der Waals surface area contributed by atoms with Crippen LogP contribution in [0.5, 0.6) is 0 Å². The Bertz CT molecular complexity index is 484. The van der Waals surface area contributed by atoms with Crippen molar-refractivity contribution in [3.63, 3.8) is 0 Å². The monoisotopic (exact) mass is 304 g/mol. The molecule has 1 fully saturated rings. The van der Waals surface area contributed by atoms with Crippen LogP contribution in [0, 0.1) is 0 Å². The van der Waals surface area contributed by atoms with E-state index in [0.29, 0.717) is 35.2 Å². The number of esters is 1. The summed E-state index contributed by atoms with van der Waals surface area (Å²) < 4.78 is 4.73. The number of methoxy groups -OCH3 is 1. The van der Waals surface area contributed by atoms with Gasteiger partial charge in [0.25, 0.3) is 0 Å². The van der Waals surface area contributed by atoms with E-state index in [2.05, 4.69) is 4.98 Å². The first-order valence-electron chi connectivity index (χ1n) is 5.81. The summed E-state index contributed by atoms with van der Waals surface area (Å²) in [7, 11) is 1.33. The fraction of sp³-hybridized carbons (Fsp3) is 0.500. The summed E-state index contributed by atoms with van der Waals surface area (Å²) in [6.45, 7) is 0.757. The second kappa shape index (κ2) is 6.05. The molecule has 5 nitrogen and oxygen atoms in total. The number of rotatable bonds is 3. The number of aliphatic hydroxyl groups is 1. The number of halogens is 2. The Hall–Kier alpha value is -0.880. The van der Waals surface area contributed by atoms with Crippen LogP contribution in [-0.4, -0.2) is 46.8 Å². The van der Waals surface area contributed by atoms with Crippen molar-refractivity contribution in [3.05, 3.63) is 28.0 Å². The van der Waals surface area contributed by atoms with Crippen molar-refractivity contribution in [3.8, 4) is 0 Å². The predicted octanol–water partition coefficient (Wildman–Crippen LogP) is 1.50. The molecule has 1 aliphatic heterocycles. The van der Waals surface area contributed by atoms with E-state index >= 15 is 0 Å². The molecule has 2 atom stereocenters. The zero-order valence-electron chi connectivity index (χ0n) is 10.3. The number of likely N-dealkylation sites (tertiary alicyclic amines) is 1. The highest BCUT2D eigenvalue weighted by atomic mass is 35.5. The van der Waals surface area contributed by atoms with Crippen molar-refractivity contribution in [2.75, 3.05) is 13.7 Å². The highest BCUT2D eigenvalue weighted by Gasteiger charge is 2.37. The fourth-order valence-electron chi connectivity index (χ4n) is 2.19. The molecule has 1 saturated heterocycles. The van der Waals surface area contributed by atoms with Crippen molar-refractivity contribution < 1.29 is 14.6 Å². The van der Waals surface area contributed by atoms with Crippen LogP contribution in [0.15, 0.2) is 12.3 Å². The number of pyridine rings is 1. The molecule has 1 aliphatic rings. The molecular weight excluding hydrogens is 291 g/mol. The molecule has 0 bridgehead atoms. The third kappa shape index (κ3) is 3.36. The number of aromatic nitrogens is 1. The summed E-state index contributed by atoms with van der Waals surface area (Å²) in [5.41, 5.74) is 0.620. The second-order valence-corrected chi connectivity index (χ2v) is 5.28. The average Bonchev–Trinajstić information content (AvgIpc) is 2.73. The van der Waals surface area contributed by atoms with Crippen LogP contribution < -0.4 is 0 Å². The number of hydrogen-bond donors (Lipinski definition) is 1. The molecule has 0 saturated carbocycles. The standard InChI is InChI=1S/C12H14Cl2N2O3/c1-19-12(18)11-3-8(17)5-16(11)6-10-9(14)2-7(13)4-15-10/h2,4,8,11,17H,3,5-6H2,1H3/t8-,11-/m0/s1. The van der Waals surface area contributed by atoms with Gasteiger partial charge in [-0.05, 0) is 6.07 Å². The lowest BCUT2D eigenvalue weighted by molar-refractivity contribution is -0.146. The lowest BCUT2D eigenvalue weighted by Gasteiger charge is -2.21. The maximum Gasteiger partial charge on any atom is 0.323 e. The highest BCUT2D eigenvalue weighted by Crippen LogP contribution is 2.25. The number of ether oxygens (including phenoxy) is 1. The van der Waals surface area contributed by atoms with E-state index in [9.17, 15) is 9.90 Å². The molecule has 0 aromatic carbocycles. The van der Waals surface area contributed by atoms with Gasteiger partial charge in [0.1, 0.15) is 6.04 Å². The van der Waals surface area contributed by atoms with Crippen molar-refractivity contribution in [2.24, 2.45) is 0 Å². The minimum atomic E-state index is -0.546. The van der Waals surface area contributed by atoms with Crippen LogP contribution >= 0.6 is 23.2 Å². The Morgan fingerprint density at radius 2 is 2.37 bits per heavy atom. The summed E-state index contributed by atoms with van der Waals surface area (Å²) in [5.74, 6) is -0.360. The molecule has 0 unspecified atom stereocenters. The van der Waals surface area contributed by atoms with Gasteiger partial charge >= 0.3 is 5.97 Å². The lowest BCUT2D eigenvalue weighted by Crippen LogP contribution is -2.36. The summed E-state index contributed by atoms with van der Waals surface area (Å²) in [4.78, 5) is 17.6. The molecule has 7 heteroatoms. The SMILES string of the molecule is COC(=O)[C@@H]1C[C@H](O)CN1Cc1ncc(Cl)cc1Cl. The number of hydrogen-bond acceptors (Lipinski definition) is 5. The van der Waals surface area contributed by atoms with Gasteiger partial charge in [0.15, 0.2) is 0 Å². The van der Waals surface area contributed by atoms with Gasteiger partial charge < -0.3 is 9.84 Å². The third-order valence-corrected chi connectivity index (χ3v) is 3.63. The van der Waals surface area contributed by atoms with Gasteiger partial charge in [-0.15, -0.1) is 0 Å². The Morgan fingerprint density at radius 3 is 3.00 bits per heavy atom. The van der Waals surface area contributed by atoms with Gasteiger partial charge in [-0.2, -0.15) is 0 Å². The fourth-order valence-corrected chi connectivity index (χ4v) is 2.63. The normalized spacial score (nSPS) is 23.6. The van der Waals surface area contributed by atoms with E-state index < -0.39 is 12.1 Å². The quantitative estimate of drug-likeness (QED) is 0.857. The molecule has 2 heterocycles. The highest BCUT2D eigenvalue weighted by molar-refractivity contribution is 6.34. The smallest absolute Gasteiger partial charge is 0.323 e. The Morgan fingerprint density at radius 1 is 1.63 bits per heavy atom. The number of nitrogens with zero attached hydrogens (tertiary/aromatic N) is 2. The van der Waals surface area contributed by atoms with E-state index in [1.165, 1.54) is 13.3 Å². The average molecular weight is 305 g/mol. The summed E-state index contributed by atoms with van der Waals surface area (Å²) in [5, 5.41) is 10.6. The molecule has 19 heavy (non-hydrogen) atoms. The van der Waals surface area contributed by atoms with Gasteiger partial charge in [0.2, 0.25) is 0 Å². The van der Waals surface area contributed by atoms with Gasteiger partial charge in [-0.1, -0.05) is 23.2 Å². The van der Waals surface area contributed by atoms with Gasteiger partial charge in [-0.25, -0.2) is 0 Å². The number of aliphatic hydroxyl groups excluding tert-OH is 1. The molecular formula is C12H14Cl2N2O3. The van der Waals surface area contributed by atoms with Gasteiger partial charge in [0, 0.05) is 25.7 Å². The van der Waals surface area contributed by atoms with Crippen LogP contribution in [0.3, 0.4) is 0 Å². The molecule has 1 aromatic rings. The Kier molecular flexibility index (Phi) is 4.62. The minimum absolute atomic E-state index is 0.359. The van der Waals surface area contributed by atoms with Crippen molar-refractivity contribution in [1.29, 1.82) is 0 Å². The Balaban J connectivity index is 2.14. The molecule has 1 N–H and O–H groups in total. The molecule has 0 spiro atoms. The largest absolute Gasteiger partial charge is 0.468 e. The predicted molar refractivity (Wildman–Crippen MR) is 71.1 cm³/mol. The zero-order chi connectivity index (χ0) is 14.0. The third-order valence-electron chi connectivity index (χ3n) is 3.09. The van der Waals surface area contributed by atoms with Crippen molar-refractivity contribution in [2.45, 2.75) is 25.1 Å². The molecule has 2 rings (SSSR count). The summed E-state index contributed by atoms with van der Waals surface area (Å²) >= 11 is 11.8. The van der Waals surface area contributed by atoms with Crippen LogP contribution in [0.1, 0.15) is 12.1 Å². The van der Waals surface area contributed by atoms with E-state index in [4.69, 9.17) is 27.9 Å². The van der Waals surface area contributed by atoms with E-state index in [1.807, 2.05) is 0 Å². The van der Waals surface area contributed by atoms with Crippen LogP contribution in [0.25, 0.3) is 0 Å². The molecule has 104 valence electrons. The number of β-amino-alcohol motifs (C(OH)–C–C–N with tert-alkyl or cyclic N) is 1. The summed E-state index contributed by atoms with van der Waals surface area (Å²) in [6.07, 6.45) is 1.32. The van der Waals surface area contributed by atoms with E-state index in [-0.39, 0.29) is 5.97 Å². The van der Waals surface area contributed by atoms with Gasteiger partial charge in [0.05, 0.1) is 29.0 Å².